The average molecular weight is 415 g/mol. The molecule has 1 amide bonds. The predicted octanol–water partition coefficient (Wildman–Crippen LogP) is 3.70. The van der Waals surface area contributed by atoms with Crippen molar-refractivity contribution in [1.29, 1.82) is 0 Å². The van der Waals surface area contributed by atoms with Gasteiger partial charge in [-0.2, -0.15) is 0 Å². The van der Waals surface area contributed by atoms with Crippen LogP contribution in [0.2, 0.25) is 0 Å². The van der Waals surface area contributed by atoms with E-state index in [-0.39, 0.29) is 16.8 Å². The van der Waals surface area contributed by atoms with Crippen LogP contribution in [-0.2, 0) is 14.8 Å². The number of aryl methyl sites for hydroxylation is 1. The normalized spacial score (nSPS) is 21.0. The van der Waals surface area contributed by atoms with Gasteiger partial charge in [-0.3, -0.25) is 4.79 Å². The molecule has 29 heavy (non-hydrogen) atoms. The van der Waals surface area contributed by atoms with E-state index in [9.17, 15) is 13.2 Å². The summed E-state index contributed by atoms with van der Waals surface area (Å²) in [7, 11) is -3.74. The standard InChI is InChI=1S/C22H26N2O4S/c1-15-13-16(10-11-19(15)24-12-6-9-21(24)25)29(26,27)23-18-14-22(2,3)28-20-8-5-4-7-17(18)20/h4-5,7-8,10-11,13,18,23H,6,9,12,14H2,1-3H3/t18-/m1/s1. The summed E-state index contributed by atoms with van der Waals surface area (Å²) in [5.41, 5.74) is 1.92. The van der Waals surface area contributed by atoms with Crippen LogP contribution in [0.25, 0.3) is 0 Å². The number of carbonyl (C=O) groups excluding carboxylic acids is 1. The smallest absolute Gasteiger partial charge is 0.241 e. The molecule has 2 heterocycles. The Balaban J connectivity index is 1.63. The molecular formula is C22H26N2O4S. The number of rotatable bonds is 4. The second kappa shape index (κ2) is 7.15. The second-order valence-electron chi connectivity index (χ2n) is 8.37. The monoisotopic (exact) mass is 414 g/mol. The molecule has 0 unspecified atom stereocenters. The first-order valence-electron chi connectivity index (χ1n) is 9.88. The van der Waals surface area contributed by atoms with Gasteiger partial charge in [0.25, 0.3) is 0 Å². The van der Waals surface area contributed by atoms with Crippen LogP contribution in [0.5, 0.6) is 5.75 Å². The molecule has 0 saturated carbocycles. The Morgan fingerprint density at radius 3 is 2.62 bits per heavy atom. The Hall–Kier alpha value is -2.38. The van der Waals surface area contributed by atoms with Gasteiger partial charge in [-0.05, 0) is 57.0 Å². The van der Waals surface area contributed by atoms with E-state index in [1.807, 2.05) is 45.0 Å². The summed E-state index contributed by atoms with van der Waals surface area (Å²) in [5.74, 6) is 0.790. The van der Waals surface area contributed by atoms with Crippen molar-refractivity contribution in [2.24, 2.45) is 0 Å². The number of benzene rings is 2. The Kier molecular flexibility index (Phi) is 4.91. The van der Waals surface area contributed by atoms with Crippen LogP contribution in [-0.4, -0.2) is 26.5 Å². The molecular weight excluding hydrogens is 388 g/mol. The molecule has 2 aliphatic rings. The van der Waals surface area contributed by atoms with E-state index < -0.39 is 15.6 Å². The number of sulfonamides is 1. The van der Waals surface area contributed by atoms with Gasteiger partial charge in [-0.15, -0.1) is 0 Å². The Morgan fingerprint density at radius 1 is 1.17 bits per heavy atom. The van der Waals surface area contributed by atoms with Gasteiger partial charge in [-0.25, -0.2) is 13.1 Å². The molecule has 6 nitrogen and oxygen atoms in total. The van der Waals surface area contributed by atoms with Crippen LogP contribution < -0.4 is 14.4 Å². The molecule has 0 aliphatic carbocycles. The van der Waals surface area contributed by atoms with Crippen LogP contribution >= 0.6 is 0 Å². The van der Waals surface area contributed by atoms with Crippen molar-refractivity contribution < 1.29 is 17.9 Å². The minimum absolute atomic E-state index is 0.0860. The summed E-state index contributed by atoms with van der Waals surface area (Å²) >= 11 is 0. The van der Waals surface area contributed by atoms with Crippen LogP contribution in [0.15, 0.2) is 47.4 Å². The van der Waals surface area contributed by atoms with Crippen LogP contribution in [0.3, 0.4) is 0 Å². The molecule has 0 spiro atoms. The first kappa shape index (κ1) is 19.9. The lowest BCUT2D eigenvalue weighted by molar-refractivity contribution is -0.117. The van der Waals surface area contributed by atoms with Crippen LogP contribution in [0.1, 0.15) is 50.3 Å². The lowest BCUT2D eigenvalue weighted by atomic mass is 9.90. The highest BCUT2D eigenvalue weighted by Crippen LogP contribution is 2.40. The van der Waals surface area contributed by atoms with Crippen molar-refractivity contribution in [2.45, 2.75) is 56.6 Å². The molecule has 154 valence electrons. The Labute approximate surface area is 171 Å². The number of para-hydroxylation sites is 1. The highest BCUT2D eigenvalue weighted by Gasteiger charge is 2.36. The third kappa shape index (κ3) is 3.89. The summed E-state index contributed by atoms with van der Waals surface area (Å²) < 4.78 is 35.1. The van der Waals surface area contributed by atoms with E-state index >= 15 is 0 Å². The minimum atomic E-state index is -3.74. The van der Waals surface area contributed by atoms with Gasteiger partial charge in [0, 0.05) is 30.6 Å². The van der Waals surface area contributed by atoms with Crippen molar-refractivity contribution in [3.05, 3.63) is 53.6 Å². The Bertz CT molecular complexity index is 1060. The lowest BCUT2D eigenvalue weighted by Gasteiger charge is -2.37. The molecule has 2 aromatic carbocycles. The maximum absolute atomic E-state index is 13.1. The summed E-state index contributed by atoms with van der Waals surface area (Å²) in [4.78, 5) is 14.0. The number of carbonyl (C=O) groups is 1. The molecule has 7 heteroatoms. The number of amides is 1. The Morgan fingerprint density at radius 2 is 1.93 bits per heavy atom. The average Bonchev–Trinajstić information content (AvgIpc) is 3.06. The molecule has 2 aliphatic heterocycles. The van der Waals surface area contributed by atoms with E-state index in [0.717, 1.165) is 23.2 Å². The van der Waals surface area contributed by atoms with Crippen molar-refractivity contribution >= 4 is 21.6 Å². The number of fused-ring (bicyclic) bond motifs is 1. The molecule has 1 fully saturated rings. The first-order valence-corrected chi connectivity index (χ1v) is 11.4. The van der Waals surface area contributed by atoms with E-state index in [0.29, 0.717) is 25.1 Å². The van der Waals surface area contributed by atoms with E-state index in [4.69, 9.17) is 4.74 Å². The third-order valence-electron chi connectivity index (χ3n) is 5.52. The topological polar surface area (TPSA) is 75.7 Å². The van der Waals surface area contributed by atoms with E-state index in [1.54, 1.807) is 23.1 Å². The largest absolute Gasteiger partial charge is 0.487 e. The van der Waals surface area contributed by atoms with Gasteiger partial charge in [0.05, 0.1) is 10.9 Å². The summed E-state index contributed by atoms with van der Waals surface area (Å²) in [6.45, 7) is 6.43. The summed E-state index contributed by atoms with van der Waals surface area (Å²) in [6.07, 6.45) is 1.90. The van der Waals surface area contributed by atoms with Gasteiger partial charge in [0.2, 0.25) is 15.9 Å². The zero-order chi connectivity index (χ0) is 20.8. The van der Waals surface area contributed by atoms with Gasteiger partial charge in [0.1, 0.15) is 11.4 Å². The fourth-order valence-corrected chi connectivity index (χ4v) is 5.46. The molecule has 4 rings (SSSR count). The lowest BCUT2D eigenvalue weighted by Crippen LogP contribution is -2.41. The fraction of sp³-hybridized carbons (Fsp3) is 0.409. The molecule has 0 radical (unpaired) electrons. The predicted molar refractivity (Wildman–Crippen MR) is 112 cm³/mol. The number of nitrogens with zero attached hydrogens (tertiary/aromatic N) is 1. The second-order valence-corrected chi connectivity index (χ2v) is 10.1. The van der Waals surface area contributed by atoms with E-state index in [1.165, 1.54) is 0 Å². The maximum atomic E-state index is 13.1. The number of ether oxygens (including phenoxy) is 1. The molecule has 1 N–H and O–H groups in total. The molecule has 2 aromatic rings. The number of anilines is 1. The third-order valence-corrected chi connectivity index (χ3v) is 6.99. The summed E-state index contributed by atoms with van der Waals surface area (Å²) in [5, 5.41) is 0. The van der Waals surface area contributed by atoms with Crippen molar-refractivity contribution in [1.82, 2.24) is 4.72 Å². The van der Waals surface area contributed by atoms with E-state index in [2.05, 4.69) is 4.72 Å². The first-order chi connectivity index (χ1) is 13.7. The van der Waals surface area contributed by atoms with Gasteiger partial charge in [-0.1, -0.05) is 18.2 Å². The molecule has 1 saturated heterocycles. The van der Waals surface area contributed by atoms with Gasteiger partial charge < -0.3 is 9.64 Å². The molecule has 0 aromatic heterocycles. The van der Waals surface area contributed by atoms with Gasteiger partial charge >= 0.3 is 0 Å². The highest BCUT2D eigenvalue weighted by atomic mass is 32.2. The van der Waals surface area contributed by atoms with Crippen molar-refractivity contribution in [3.8, 4) is 5.75 Å². The maximum Gasteiger partial charge on any atom is 0.241 e. The number of hydrogen-bond acceptors (Lipinski definition) is 4. The number of hydrogen-bond donors (Lipinski definition) is 1. The van der Waals surface area contributed by atoms with Crippen LogP contribution in [0, 0.1) is 6.92 Å². The minimum Gasteiger partial charge on any atom is -0.487 e. The quantitative estimate of drug-likeness (QED) is 0.828. The number of nitrogens with one attached hydrogen (secondary N) is 1. The molecule has 1 atom stereocenters. The molecule has 0 bridgehead atoms. The van der Waals surface area contributed by atoms with Crippen LogP contribution in [0.4, 0.5) is 5.69 Å². The zero-order valence-corrected chi connectivity index (χ0v) is 17.8. The zero-order valence-electron chi connectivity index (χ0n) is 16.9. The highest BCUT2D eigenvalue weighted by molar-refractivity contribution is 7.89. The van der Waals surface area contributed by atoms with Crippen molar-refractivity contribution in [3.63, 3.8) is 0 Å². The van der Waals surface area contributed by atoms with Crippen molar-refractivity contribution in [2.75, 3.05) is 11.4 Å². The SMILES string of the molecule is Cc1cc(S(=O)(=O)N[C@@H]2CC(C)(C)Oc3ccccc32)ccc1N1CCCC1=O. The van der Waals surface area contributed by atoms with Gasteiger partial charge in [0.15, 0.2) is 0 Å². The summed E-state index contributed by atoms with van der Waals surface area (Å²) in [6, 6.07) is 12.1. The fourth-order valence-electron chi connectivity index (χ4n) is 4.16.